The summed E-state index contributed by atoms with van der Waals surface area (Å²) < 4.78 is 0. The van der Waals surface area contributed by atoms with Gasteiger partial charge in [-0.05, 0) is 33.4 Å². The quantitative estimate of drug-likeness (QED) is 0.520. The van der Waals surface area contributed by atoms with E-state index >= 15 is 0 Å². The zero-order valence-corrected chi connectivity index (χ0v) is 10.4. The van der Waals surface area contributed by atoms with Gasteiger partial charge < -0.3 is 4.90 Å². The van der Waals surface area contributed by atoms with Gasteiger partial charge in [-0.25, -0.2) is 0 Å². The summed E-state index contributed by atoms with van der Waals surface area (Å²) in [6, 6.07) is 0. The van der Waals surface area contributed by atoms with Crippen molar-refractivity contribution in [2.24, 2.45) is 0 Å². The van der Waals surface area contributed by atoms with Crippen LogP contribution in [-0.2, 0) is 0 Å². The molecule has 0 aromatic heterocycles. The number of hydrogen-bond donors (Lipinski definition) is 0. The van der Waals surface area contributed by atoms with E-state index in [1.54, 1.807) is 0 Å². The fourth-order valence-corrected chi connectivity index (χ4v) is 1.28. The maximum absolute atomic E-state index is 2.37. The van der Waals surface area contributed by atoms with Gasteiger partial charge in [0.15, 0.2) is 0 Å². The molecule has 1 heteroatoms. The molecule has 0 spiro atoms. The van der Waals surface area contributed by atoms with Gasteiger partial charge >= 0.3 is 0 Å². The Hall–Kier alpha value is -0.300. The van der Waals surface area contributed by atoms with Crippen LogP contribution in [0.3, 0.4) is 0 Å². The maximum atomic E-state index is 2.37. The molecule has 0 aromatic carbocycles. The molecular weight excluding hydrogens is 158 g/mol. The third-order valence-electron chi connectivity index (χ3n) is 1.76. The van der Waals surface area contributed by atoms with Gasteiger partial charge in [-0.3, -0.25) is 0 Å². The third-order valence-corrected chi connectivity index (χ3v) is 1.76. The number of allylic oxidation sites excluding steroid dienone is 1. The minimum absolute atomic E-state index is 1.17. The minimum atomic E-state index is 1.17. The van der Waals surface area contributed by atoms with Crippen LogP contribution in [0.4, 0.5) is 0 Å². The topological polar surface area (TPSA) is 3.24 Å². The lowest BCUT2D eigenvalue weighted by Gasteiger charge is -2.12. The highest BCUT2D eigenvalue weighted by Crippen LogP contribution is 2.06. The molecule has 13 heavy (non-hydrogen) atoms. The number of likely N-dealkylation sites (N-methyl/N-ethyl adjacent to an activating group) is 1. The van der Waals surface area contributed by atoms with E-state index in [4.69, 9.17) is 0 Å². The van der Waals surface area contributed by atoms with Crippen LogP contribution in [0.1, 0.15) is 47.5 Å². The molecule has 0 atom stereocenters. The Morgan fingerprint density at radius 2 is 1.69 bits per heavy atom. The van der Waals surface area contributed by atoms with Crippen LogP contribution in [0.5, 0.6) is 0 Å². The second kappa shape index (κ2) is 11.7. The van der Waals surface area contributed by atoms with E-state index in [1.165, 1.54) is 31.5 Å². The molecule has 0 bridgehead atoms. The van der Waals surface area contributed by atoms with Crippen molar-refractivity contribution < 1.29 is 0 Å². The molecule has 1 aliphatic heterocycles. The highest BCUT2D eigenvalue weighted by molar-refractivity contribution is 5.01. The molecule has 0 amide bonds. The fraction of sp³-hybridized carbons (Fsp3) is 0.833. The second-order valence-electron chi connectivity index (χ2n) is 2.93. The first-order valence-corrected chi connectivity index (χ1v) is 5.63. The summed E-state index contributed by atoms with van der Waals surface area (Å²) in [5, 5.41) is 0. The summed E-state index contributed by atoms with van der Waals surface area (Å²) in [6.07, 6.45) is 4.95. The monoisotopic (exact) mass is 185 g/mol. The molecule has 1 nitrogen and oxygen atoms in total. The molecule has 1 aliphatic rings. The molecule has 0 aromatic rings. The summed E-state index contributed by atoms with van der Waals surface area (Å²) in [7, 11) is 2.18. The molecule has 0 saturated heterocycles. The van der Waals surface area contributed by atoms with Crippen LogP contribution in [-0.4, -0.2) is 25.0 Å². The largest absolute Gasteiger partial charge is 0.302 e. The molecule has 1 rings (SSSR count). The van der Waals surface area contributed by atoms with Gasteiger partial charge in [0.1, 0.15) is 0 Å². The van der Waals surface area contributed by atoms with E-state index in [9.17, 15) is 0 Å². The first kappa shape index (κ1) is 15.2. The van der Waals surface area contributed by atoms with Crippen molar-refractivity contribution in [2.75, 3.05) is 20.1 Å². The summed E-state index contributed by atoms with van der Waals surface area (Å²) in [5.41, 5.74) is 1.52. The molecule has 80 valence electrons. The van der Waals surface area contributed by atoms with E-state index in [1.807, 2.05) is 27.7 Å². The van der Waals surface area contributed by atoms with Gasteiger partial charge in [0, 0.05) is 6.54 Å². The Morgan fingerprint density at radius 1 is 1.15 bits per heavy atom. The van der Waals surface area contributed by atoms with E-state index in [2.05, 4.69) is 24.9 Å². The number of nitrogens with zero attached hydrogens (tertiary/aromatic N) is 1. The van der Waals surface area contributed by atoms with Crippen LogP contribution in [0, 0.1) is 0 Å². The SMILES string of the molecule is CC.CC.CC1=CCCCN(C)C1. The van der Waals surface area contributed by atoms with Crippen molar-refractivity contribution in [3.05, 3.63) is 11.6 Å². The van der Waals surface area contributed by atoms with Gasteiger partial charge in [0.05, 0.1) is 0 Å². The number of hydrogen-bond acceptors (Lipinski definition) is 1. The Kier molecular flexibility index (Phi) is 13.7. The van der Waals surface area contributed by atoms with Gasteiger partial charge in [0.2, 0.25) is 0 Å². The van der Waals surface area contributed by atoms with Crippen LogP contribution in [0.25, 0.3) is 0 Å². The van der Waals surface area contributed by atoms with Gasteiger partial charge in [-0.2, -0.15) is 0 Å². The van der Waals surface area contributed by atoms with Gasteiger partial charge in [-0.1, -0.05) is 39.3 Å². The van der Waals surface area contributed by atoms with Crippen LogP contribution < -0.4 is 0 Å². The van der Waals surface area contributed by atoms with Gasteiger partial charge in [0.25, 0.3) is 0 Å². The predicted octanol–water partition coefficient (Wildman–Crippen LogP) is 3.71. The zero-order valence-electron chi connectivity index (χ0n) is 10.4. The Labute approximate surface area is 84.8 Å². The predicted molar refractivity (Wildman–Crippen MR) is 63.2 cm³/mol. The molecule has 0 radical (unpaired) electrons. The fourth-order valence-electron chi connectivity index (χ4n) is 1.28. The highest BCUT2D eigenvalue weighted by atomic mass is 15.1. The molecule has 0 unspecified atom stereocenters. The summed E-state index contributed by atoms with van der Waals surface area (Å²) in [5.74, 6) is 0. The van der Waals surface area contributed by atoms with Crippen molar-refractivity contribution in [3.63, 3.8) is 0 Å². The van der Waals surface area contributed by atoms with Crippen LogP contribution in [0.2, 0.25) is 0 Å². The van der Waals surface area contributed by atoms with E-state index in [-0.39, 0.29) is 0 Å². The highest BCUT2D eigenvalue weighted by Gasteiger charge is 2.01. The summed E-state index contributed by atoms with van der Waals surface area (Å²) in [6.45, 7) is 12.6. The summed E-state index contributed by atoms with van der Waals surface area (Å²) >= 11 is 0. The van der Waals surface area contributed by atoms with Gasteiger partial charge in [-0.15, -0.1) is 0 Å². The number of rotatable bonds is 0. The summed E-state index contributed by atoms with van der Waals surface area (Å²) in [4.78, 5) is 2.37. The van der Waals surface area contributed by atoms with Crippen LogP contribution >= 0.6 is 0 Å². The van der Waals surface area contributed by atoms with Crippen molar-refractivity contribution in [3.8, 4) is 0 Å². The molecule has 1 heterocycles. The maximum Gasteiger partial charge on any atom is 0.0187 e. The standard InChI is InChI=1S/C8H15N.2C2H6/c1-8-5-3-4-6-9(2)7-8;2*1-2/h5H,3-4,6-7H2,1-2H3;2*1-2H3. The van der Waals surface area contributed by atoms with E-state index < -0.39 is 0 Å². The normalized spacial score (nSPS) is 16.9. The zero-order chi connectivity index (χ0) is 10.7. The molecular formula is C12H27N. The lowest BCUT2D eigenvalue weighted by atomic mass is 10.2. The van der Waals surface area contributed by atoms with Crippen LogP contribution in [0.15, 0.2) is 11.6 Å². The first-order valence-electron chi connectivity index (χ1n) is 5.63. The van der Waals surface area contributed by atoms with E-state index in [0.29, 0.717) is 0 Å². The average molecular weight is 185 g/mol. The van der Waals surface area contributed by atoms with Crippen molar-refractivity contribution >= 4 is 0 Å². The Balaban J connectivity index is 0. The Bertz CT molecular complexity index is 116. The molecule has 0 N–H and O–H groups in total. The molecule has 0 saturated carbocycles. The minimum Gasteiger partial charge on any atom is -0.302 e. The second-order valence-corrected chi connectivity index (χ2v) is 2.93. The lowest BCUT2D eigenvalue weighted by Crippen LogP contribution is -2.19. The van der Waals surface area contributed by atoms with Crippen molar-refractivity contribution in [1.29, 1.82) is 0 Å². The average Bonchev–Trinajstić information content (AvgIpc) is 2.36. The third kappa shape index (κ3) is 9.62. The molecule has 0 fully saturated rings. The molecule has 0 aliphatic carbocycles. The first-order chi connectivity index (χ1) is 6.29. The van der Waals surface area contributed by atoms with Crippen molar-refractivity contribution in [1.82, 2.24) is 4.90 Å². The lowest BCUT2D eigenvalue weighted by molar-refractivity contribution is 0.366. The Morgan fingerprint density at radius 3 is 2.23 bits per heavy atom. The van der Waals surface area contributed by atoms with Crippen molar-refractivity contribution in [2.45, 2.75) is 47.5 Å². The smallest absolute Gasteiger partial charge is 0.0187 e. The van der Waals surface area contributed by atoms with E-state index in [0.717, 1.165) is 0 Å².